The van der Waals surface area contributed by atoms with Crippen molar-refractivity contribution < 1.29 is 14.3 Å². The number of hydrogen-bond donors (Lipinski definition) is 2. The molecule has 2 aromatic carbocycles. The molecule has 0 unspecified atom stereocenters. The number of ether oxygens (including phenoxy) is 2. The van der Waals surface area contributed by atoms with Crippen LogP contribution in [-0.2, 0) is 6.54 Å². The molecule has 0 bridgehead atoms. The van der Waals surface area contributed by atoms with Gasteiger partial charge in [-0.05, 0) is 43.2 Å². The maximum atomic E-state index is 11.8. The van der Waals surface area contributed by atoms with Gasteiger partial charge in [0.05, 0.1) is 7.11 Å². The van der Waals surface area contributed by atoms with E-state index in [0.29, 0.717) is 6.54 Å². The van der Waals surface area contributed by atoms with Gasteiger partial charge in [-0.3, -0.25) is 0 Å². The first-order chi connectivity index (χ1) is 11.1. The van der Waals surface area contributed by atoms with Crippen LogP contribution in [0, 0.1) is 13.8 Å². The molecule has 0 heterocycles. The van der Waals surface area contributed by atoms with Crippen LogP contribution in [0.4, 0.5) is 4.79 Å². The van der Waals surface area contributed by atoms with Gasteiger partial charge in [0.2, 0.25) is 0 Å². The van der Waals surface area contributed by atoms with Gasteiger partial charge >= 0.3 is 6.03 Å². The second-order valence-corrected chi connectivity index (χ2v) is 5.21. The summed E-state index contributed by atoms with van der Waals surface area (Å²) in [6, 6.07) is 13.1. The molecule has 0 radical (unpaired) electrons. The molecule has 2 aromatic rings. The molecule has 2 amide bonds. The van der Waals surface area contributed by atoms with Gasteiger partial charge in [0.1, 0.15) is 11.5 Å². The minimum Gasteiger partial charge on any atom is -0.496 e. The molecule has 0 aliphatic carbocycles. The second kappa shape index (κ2) is 8.08. The van der Waals surface area contributed by atoms with Crippen LogP contribution in [0.2, 0.25) is 0 Å². The molecule has 0 aliphatic heterocycles. The lowest BCUT2D eigenvalue weighted by atomic mass is 10.1. The predicted molar refractivity (Wildman–Crippen MR) is 89.8 cm³/mol. The number of urea groups is 1. The Bertz CT molecular complexity index is 671. The van der Waals surface area contributed by atoms with E-state index in [9.17, 15) is 4.79 Å². The van der Waals surface area contributed by atoms with Crippen molar-refractivity contribution in [1.82, 2.24) is 10.6 Å². The lowest BCUT2D eigenvalue weighted by Gasteiger charge is -2.12. The molecular formula is C18H22N2O3. The highest BCUT2D eigenvalue weighted by Crippen LogP contribution is 2.17. The summed E-state index contributed by atoms with van der Waals surface area (Å²) >= 11 is 0. The van der Waals surface area contributed by atoms with E-state index in [2.05, 4.69) is 10.6 Å². The fraction of sp³-hybridized carbons (Fsp3) is 0.278. The topological polar surface area (TPSA) is 59.6 Å². The Balaban J connectivity index is 1.76. The van der Waals surface area contributed by atoms with Gasteiger partial charge in [-0.1, -0.05) is 24.3 Å². The van der Waals surface area contributed by atoms with Crippen LogP contribution < -0.4 is 20.1 Å². The summed E-state index contributed by atoms with van der Waals surface area (Å²) in [4.78, 5) is 11.8. The van der Waals surface area contributed by atoms with E-state index < -0.39 is 0 Å². The molecule has 0 aliphatic rings. The molecule has 122 valence electrons. The van der Waals surface area contributed by atoms with Crippen LogP contribution in [0.5, 0.6) is 11.5 Å². The molecule has 0 aromatic heterocycles. The van der Waals surface area contributed by atoms with Crippen LogP contribution in [0.3, 0.4) is 0 Å². The summed E-state index contributed by atoms with van der Waals surface area (Å²) in [5, 5.41) is 5.43. The largest absolute Gasteiger partial charge is 0.496 e. The van der Waals surface area contributed by atoms with Crippen molar-refractivity contribution in [2.45, 2.75) is 20.4 Å². The number of nitrogens with one attached hydrogen (secondary N) is 2. The molecule has 5 nitrogen and oxygen atoms in total. The van der Waals surface area contributed by atoms with Crippen LogP contribution in [0.15, 0.2) is 42.5 Å². The first-order valence-corrected chi connectivity index (χ1v) is 7.44. The summed E-state index contributed by atoms with van der Waals surface area (Å²) in [5.41, 5.74) is 3.28. The lowest BCUT2D eigenvalue weighted by Crippen LogP contribution is -2.37. The van der Waals surface area contributed by atoms with Crippen molar-refractivity contribution in [2.24, 2.45) is 0 Å². The molecule has 0 fully saturated rings. The van der Waals surface area contributed by atoms with E-state index >= 15 is 0 Å². The Morgan fingerprint density at radius 2 is 1.83 bits per heavy atom. The Hall–Kier alpha value is -2.69. The summed E-state index contributed by atoms with van der Waals surface area (Å²) in [5.74, 6) is 1.48. The summed E-state index contributed by atoms with van der Waals surface area (Å²) < 4.78 is 10.8. The van der Waals surface area contributed by atoms with Gasteiger partial charge in [-0.15, -0.1) is 0 Å². The number of rotatable bonds is 6. The van der Waals surface area contributed by atoms with Gasteiger partial charge in [-0.2, -0.15) is 0 Å². The highest BCUT2D eigenvalue weighted by molar-refractivity contribution is 5.73. The maximum absolute atomic E-state index is 11.8. The minimum absolute atomic E-state index is 0.111. The van der Waals surface area contributed by atoms with Crippen LogP contribution in [-0.4, -0.2) is 19.9 Å². The fourth-order valence-electron chi connectivity index (χ4n) is 2.08. The fourth-order valence-corrected chi connectivity index (χ4v) is 2.08. The highest BCUT2D eigenvalue weighted by atomic mass is 16.5. The molecule has 0 saturated heterocycles. The molecule has 0 spiro atoms. The molecule has 0 atom stereocenters. The third-order valence-electron chi connectivity index (χ3n) is 3.58. The zero-order valence-electron chi connectivity index (χ0n) is 13.7. The number of benzene rings is 2. The molecule has 5 heteroatoms. The van der Waals surface area contributed by atoms with Gasteiger partial charge in [0.25, 0.3) is 0 Å². The highest BCUT2D eigenvalue weighted by Gasteiger charge is 2.04. The standard InChI is InChI=1S/C18H22N2O3/c1-13-8-9-16(10-14(13)2)23-12-20-18(21)19-11-15-6-4-5-7-17(15)22-3/h4-10H,11-12H2,1-3H3,(H2,19,20,21). The monoisotopic (exact) mass is 314 g/mol. The van der Waals surface area contributed by atoms with Gasteiger partial charge in [-0.25, -0.2) is 4.79 Å². The first kappa shape index (κ1) is 16.7. The molecule has 2 rings (SSSR count). The number of hydrogen-bond acceptors (Lipinski definition) is 3. The third-order valence-corrected chi connectivity index (χ3v) is 3.58. The average Bonchev–Trinajstić information content (AvgIpc) is 2.56. The number of aryl methyl sites for hydroxylation is 2. The number of carbonyl (C=O) groups is 1. The molecule has 0 saturated carbocycles. The van der Waals surface area contributed by atoms with Crippen LogP contribution >= 0.6 is 0 Å². The smallest absolute Gasteiger partial charge is 0.317 e. The second-order valence-electron chi connectivity index (χ2n) is 5.21. The SMILES string of the molecule is COc1ccccc1CNC(=O)NCOc1ccc(C)c(C)c1. The van der Waals surface area contributed by atoms with Gasteiger partial charge in [0, 0.05) is 12.1 Å². The average molecular weight is 314 g/mol. The summed E-state index contributed by atoms with van der Waals surface area (Å²) in [7, 11) is 1.61. The molecule has 2 N–H and O–H groups in total. The van der Waals surface area contributed by atoms with Gasteiger partial charge in [0.15, 0.2) is 6.73 Å². The number of amides is 2. The third kappa shape index (κ3) is 4.92. The summed E-state index contributed by atoms with van der Waals surface area (Å²) in [6.45, 7) is 4.57. The molecular weight excluding hydrogens is 292 g/mol. The minimum atomic E-state index is -0.292. The van der Waals surface area contributed by atoms with Crippen molar-refractivity contribution in [3.63, 3.8) is 0 Å². The van der Waals surface area contributed by atoms with Crippen molar-refractivity contribution in [3.05, 3.63) is 59.2 Å². The molecule has 23 heavy (non-hydrogen) atoms. The van der Waals surface area contributed by atoms with E-state index in [0.717, 1.165) is 22.6 Å². The Morgan fingerprint density at radius 1 is 1.04 bits per heavy atom. The van der Waals surface area contributed by atoms with Crippen molar-refractivity contribution in [2.75, 3.05) is 13.8 Å². The van der Waals surface area contributed by atoms with Crippen LogP contribution in [0.25, 0.3) is 0 Å². The Morgan fingerprint density at radius 3 is 2.57 bits per heavy atom. The van der Waals surface area contributed by atoms with Gasteiger partial charge < -0.3 is 20.1 Å². The lowest BCUT2D eigenvalue weighted by molar-refractivity contribution is 0.223. The number of carbonyl (C=O) groups excluding carboxylic acids is 1. The van der Waals surface area contributed by atoms with E-state index in [1.165, 1.54) is 5.56 Å². The number of methoxy groups -OCH3 is 1. The van der Waals surface area contributed by atoms with E-state index in [4.69, 9.17) is 9.47 Å². The quantitative estimate of drug-likeness (QED) is 0.805. The van der Waals surface area contributed by atoms with Crippen molar-refractivity contribution in [3.8, 4) is 11.5 Å². The first-order valence-electron chi connectivity index (χ1n) is 7.44. The zero-order valence-corrected chi connectivity index (χ0v) is 13.7. The summed E-state index contributed by atoms with van der Waals surface area (Å²) in [6.07, 6.45) is 0. The van der Waals surface area contributed by atoms with Crippen molar-refractivity contribution in [1.29, 1.82) is 0 Å². The predicted octanol–water partition coefficient (Wildman–Crippen LogP) is 3.15. The zero-order chi connectivity index (χ0) is 16.7. The normalized spacial score (nSPS) is 10.0. The Labute approximate surface area is 136 Å². The maximum Gasteiger partial charge on any atom is 0.317 e. The van der Waals surface area contributed by atoms with E-state index in [-0.39, 0.29) is 12.8 Å². The van der Waals surface area contributed by atoms with Crippen LogP contribution in [0.1, 0.15) is 16.7 Å². The van der Waals surface area contributed by atoms with E-state index in [1.54, 1.807) is 7.11 Å². The van der Waals surface area contributed by atoms with E-state index in [1.807, 2.05) is 56.3 Å². The van der Waals surface area contributed by atoms with Crippen molar-refractivity contribution >= 4 is 6.03 Å². The number of para-hydroxylation sites is 1. The Kier molecular flexibility index (Phi) is 5.86.